The Morgan fingerprint density at radius 3 is 2.53 bits per heavy atom. The zero-order valence-corrected chi connectivity index (χ0v) is 9.54. The molecule has 0 aliphatic heterocycles. The first-order valence-electron chi connectivity index (χ1n) is 5.59. The maximum absolute atomic E-state index is 12.1. The van der Waals surface area contributed by atoms with E-state index in [1.807, 2.05) is 6.92 Å². The Balaban J connectivity index is 2.10. The Morgan fingerprint density at radius 1 is 1.41 bits per heavy atom. The Kier molecular flexibility index (Phi) is 3.08. The van der Waals surface area contributed by atoms with Crippen molar-refractivity contribution in [1.82, 2.24) is 4.98 Å². The van der Waals surface area contributed by atoms with E-state index in [1.165, 1.54) is 0 Å². The number of carboxylic acid groups (broad SMARTS) is 1. The summed E-state index contributed by atoms with van der Waals surface area (Å²) in [4.78, 5) is 28.3. The summed E-state index contributed by atoms with van der Waals surface area (Å²) in [5.41, 5.74) is 0.767. The fraction of sp³-hybridized carbons (Fsp3) is 0.417. The Hall–Kier alpha value is -1.91. The number of hydrogen-bond acceptors (Lipinski definition) is 3. The molecule has 1 aliphatic carbocycles. The minimum Gasteiger partial charge on any atom is -0.481 e. The molecule has 1 amide bonds. The monoisotopic (exact) mass is 234 g/mol. The van der Waals surface area contributed by atoms with E-state index in [1.54, 1.807) is 29.4 Å². The molecule has 0 bridgehead atoms. The number of amides is 1. The van der Waals surface area contributed by atoms with Gasteiger partial charge in [0, 0.05) is 24.6 Å². The molecule has 17 heavy (non-hydrogen) atoms. The standard InChI is InChI=1S/C12H14N2O3/c1-2-14(8-3-5-13-6-4-8)11(15)9-7-10(9)12(16)17/h3-6,9-10H,2,7H2,1H3,(H,16,17). The van der Waals surface area contributed by atoms with Crippen molar-refractivity contribution in [2.75, 3.05) is 11.4 Å². The van der Waals surface area contributed by atoms with Gasteiger partial charge in [0.2, 0.25) is 5.91 Å². The fourth-order valence-electron chi connectivity index (χ4n) is 1.93. The van der Waals surface area contributed by atoms with E-state index in [9.17, 15) is 9.59 Å². The minimum absolute atomic E-state index is 0.105. The molecule has 0 saturated heterocycles. The Bertz CT molecular complexity index is 433. The maximum atomic E-state index is 12.1. The average molecular weight is 234 g/mol. The van der Waals surface area contributed by atoms with Crippen LogP contribution in [0.15, 0.2) is 24.5 Å². The van der Waals surface area contributed by atoms with Gasteiger partial charge in [0.1, 0.15) is 0 Å². The summed E-state index contributed by atoms with van der Waals surface area (Å²) in [5.74, 6) is -1.85. The van der Waals surface area contributed by atoms with Gasteiger partial charge in [-0.25, -0.2) is 0 Å². The number of aliphatic carboxylic acids is 1. The molecule has 0 aromatic carbocycles. The lowest BCUT2D eigenvalue weighted by molar-refractivity contribution is -0.140. The minimum atomic E-state index is -0.880. The van der Waals surface area contributed by atoms with Gasteiger partial charge < -0.3 is 10.0 Å². The molecule has 1 aromatic heterocycles. The van der Waals surface area contributed by atoms with E-state index in [4.69, 9.17) is 5.11 Å². The summed E-state index contributed by atoms with van der Waals surface area (Å²) in [5, 5.41) is 8.82. The van der Waals surface area contributed by atoms with E-state index in [0.717, 1.165) is 5.69 Å². The molecule has 1 saturated carbocycles. The van der Waals surface area contributed by atoms with Crippen molar-refractivity contribution in [2.45, 2.75) is 13.3 Å². The quantitative estimate of drug-likeness (QED) is 0.848. The molecule has 90 valence electrons. The van der Waals surface area contributed by atoms with E-state index >= 15 is 0 Å². The van der Waals surface area contributed by atoms with Crippen LogP contribution in [0.25, 0.3) is 0 Å². The van der Waals surface area contributed by atoms with Gasteiger partial charge in [-0.2, -0.15) is 0 Å². The normalized spacial score (nSPS) is 21.9. The second-order valence-corrected chi connectivity index (χ2v) is 4.07. The lowest BCUT2D eigenvalue weighted by Gasteiger charge is -2.20. The van der Waals surface area contributed by atoms with Crippen LogP contribution < -0.4 is 4.90 Å². The van der Waals surface area contributed by atoms with Gasteiger partial charge in [-0.05, 0) is 25.5 Å². The molecule has 2 unspecified atom stereocenters. The van der Waals surface area contributed by atoms with Crippen LogP contribution in [-0.2, 0) is 9.59 Å². The third kappa shape index (κ3) is 2.27. The van der Waals surface area contributed by atoms with E-state index in [2.05, 4.69) is 4.98 Å². The van der Waals surface area contributed by atoms with Crippen LogP contribution in [-0.4, -0.2) is 28.5 Å². The smallest absolute Gasteiger partial charge is 0.307 e. The van der Waals surface area contributed by atoms with Crippen molar-refractivity contribution in [3.63, 3.8) is 0 Å². The number of rotatable bonds is 4. The van der Waals surface area contributed by atoms with Gasteiger partial charge in [0.05, 0.1) is 11.8 Å². The van der Waals surface area contributed by atoms with Crippen molar-refractivity contribution >= 4 is 17.6 Å². The predicted molar refractivity (Wildman–Crippen MR) is 61.5 cm³/mol. The van der Waals surface area contributed by atoms with Crippen LogP contribution >= 0.6 is 0 Å². The number of pyridine rings is 1. The summed E-state index contributed by atoms with van der Waals surface area (Å²) in [6, 6.07) is 3.50. The van der Waals surface area contributed by atoms with Crippen LogP contribution in [0, 0.1) is 11.8 Å². The Morgan fingerprint density at radius 2 is 2.06 bits per heavy atom. The molecule has 1 heterocycles. The van der Waals surface area contributed by atoms with Gasteiger partial charge >= 0.3 is 5.97 Å². The number of carboxylic acids is 1. The maximum Gasteiger partial charge on any atom is 0.307 e. The van der Waals surface area contributed by atoms with Crippen molar-refractivity contribution < 1.29 is 14.7 Å². The summed E-state index contributed by atoms with van der Waals surface area (Å²) < 4.78 is 0. The highest BCUT2D eigenvalue weighted by Gasteiger charge is 2.49. The summed E-state index contributed by atoms with van der Waals surface area (Å²) >= 11 is 0. The number of carbonyl (C=O) groups excluding carboxylic acids is 1. The molecule has 1 aromatic rings. The van der Waals surface area contributed by atoms with E-state index in [0.29, 0.717) is 13.0 Å². The zero-order valence-electron chi connectivity index (χ0n) is 9.54. The second kappa shape index (κ2) is 4.53. The molecule has 5 heteroatoms. The first-order valence-corrected chi connectivity index (χ1v) is 5.59. The lowest BCUT2D eigenvalue weighted by Crippen LogP contribution is -2.32. The van der Waals surface area contributed by atoms with Crippen LogP contribution in [0.3, 0.4) is 0 Å². The molecule has 0 spiro atoms. The van der Waals surface area contributed by atoms with Crippen molar-refractivity contribution in [2.24, 2.45) is 11.8 Å². The summed E-state index contributed by atoms with van der Waals surface area (Å²) in [6.45, 7) is 2.40. The highest BCUT2D eigenvalue weighted by molar-refractivity contribution is 5.99. The molecule has 2 atom stereocenters. The number of nitrogens with zero attached hydrogens (tertiary/aromatic N) is 2. The molecule has 1 aliphatic rings. The topological polar surface area (TPSA) is 70.5 Å². The molecule has 1 fully saturated rings. The summed E-state index contributed by atoms with van der Waals surface area (Å²) in [7, 11) is 0. The third-order valence-corrected chi connectivity index (χ3v) is 2.98. The van der Waals surface area contributed by atoms with Gasteiger partial charge in [0.15, 0.2) is 0 Å². The van der Waals surface area contributed by atoms with Gasteiger partial charge in [-0.1, -0.05) is 0 Å². The van der Waals surface area contributed by atoms with Gasteiger partial charge in [-0.3, -0.25) is 14.6 Å². The van der Waals surface area contributed by atoms with Gasteiger partial charge in [-0.15, -0.1) is 0 Å². The molecular formula is C12H14N2O3. The third-order valence-electron chi connectivity index (χ3n) is 2.98. The highest BCUT2D eigenvalue weighted by Crippen LogP contribution is 2.40. The van der Waals surface area contributed by atoms with Crippen LogP contribution in [0.5, 0.6) is 0 Å². The second-order valence-electron chi connectivity index (χ2n) is 4.07. The van der Waals surface area contributed by atoms with E-state index in [-0.39, 0.29) is 11.8 Å². The average Bonchev–Trinajstić information content (AvgIpc) is 3.11. The first-order chi connectivity index (χ1) is 8.15. The van der Waals surface area contributed by atoms with Crippen molar-refractivity contribution in [3.8, 4) is 0 Å². The van der Waals surface area contributed by atoms with Gasteiger partial charge in [0.25, 0.3) is 0 Å². The number of aromatic nitrogens is 1. The number of carbonyl (C=O) groups is 2. The number of anilines is 1. The molecular weight excluding hydrogens is 220 g/mol. The lowest BCUT2D eigenvalue weighted by atomic mass is 10.2. The van der Waals surface area contributed by atoms with Crippen molar-refractivity contribution in [3.05, 3.63) is 24.5 Å². The number of hydrogen-bond donors (Lipinski definition) is 1. The SMILES string of the molecule is CCN(C(=O)C1CC1C(=O)O)c1ccncc1. The highest BCUT2D eigenvalue weighted by atomic mass is 16.4. The predicted octanol–water partition coefficient (Wildman–Crippen LogP) is 1.16. The van der Waals surface area contributed by atoms with E-state index < -0.39 is 11.9 Å². The van der Waals surface area contributed by atoms with Crippen molar-refractivity contribution in [1.29, 1.82) is 0 Å². The molecule has 0 radical (unpaired) electrons. The Labute approximate surface area is 99.1 Å². The molecule has 2 rings (SSSR count). The molecule has 1 N–H and O–H groups in total. The molecule has 5 nitrogen and oxygen atoms in total. The largest absolute Gasteiger partial charge is 0.481 e. The summed E-state index contributed by atoms with van der Waals surface area (Å²) in [6.07, 6.45) is 3.69. The van der Waals surface area contributed by atoms with Crippen LogP contribution in [0.2, 0.25) is 0 Å². The van der Waals surface area contributed by atoms with Crippen LogP contribution in [0.1, 0.15) is 13.3 Å². The fourth-order valence-corrected chi connectivity index (χ4v) is 1.93. The zero-order chi connectivity index (χ0) is 12.4. The van der Waals surface area contributed by atoms with Crippen LogP contribution in [0.4, 0.5) is 5.69 Å². The first kappa shape index (κ1) is 11.6.